The summed E-state index contributed by atoms with van der Waals surface area (Å²) in [6.45, 7) is 6.61. The van der Waals surface area contributed by atoms with Gasteiger partial charge in [-0.25, -0.2) is 0 Å². The fraction of sp³-hybridized carbons (Fsp3) is 0.562. The molecule has 21 heavy (non-hydrogen) atoms. The van der Waals surface area contributed by atoms with Crippen LogP contribution in [0.2, 0.25) is 0 Å². The molecule has 5 heteroatoms. The zero-order valence-corrected chi connectivity index (χ0v) is 13.6. The molecule has 0 spiro atoms. The molecule has 1 heterocycles. The van der Waals surface area contributed by atoms with Gasteiger partial charge in [-0.2, -0.15) is 0 Å². The van der Waals surface area contributed by atoms with E-state index in [1.165, 1.54) is 0 Å². The molecule has 4 nitrogen and oxygen atoms in total. The zero-order valence-electron chi connectivity index (χ0n) is 12.7. The summed E-state index contributed by atoms with van der Waals surface area (Å²) in [5.74, 6) is 0.702. The van der Waals surface area contributed by atoms with E-state index >= 15 is 0 Å². The van der Waals surface area contributed by atoms with Gasteiger partial charge in [-0.1, -0.05) is 19.9 Å². The topological polar surface area (TPSA) is 55.6 Å². The normalized spacial score (nSPS) is 17.9. The lowest BCUT2D eigenvalue weighted by molar-refractivity contribution is 0.0484. The van der Waals surface area contributed by atoms with Gasteiger partial charge in [0.1, 0.15) is 0 Å². The summed E-state index contributed by atoms with van der Waals surface area (Å²) < 4.78 is 5.84. The Hall–Kier alpha value is -1.26. The quantitative estimate of drug-likeness (QED) is 0.850. The van der Waals surface area contributed by atoms with Crippen molar-refractivity contribution in [2.45, 2.75) is 32.8 Å². The van der Waals surface area contributed by atoms with Gasteiger partial charge in [0.2, 0.25) is 0 Å². The summed E-state index contributed by atoms with van der Waals surface area (Å²) in [7, 11) is 0. The lowest BCUT2D eigenvalue weighted by atomic mass is 10.1. The van der Waals surface area contributed by atoms with E-state index in [9.17, 15) is 4.79 Å². The first kappa shape index (κ1) is 17.8. The van der Waals surface area contributed by atoms with Gasteiger partial charge in [-0.15, -0.1) is 12.4 Å². The van der Waals surface area contributed by atoms with Crippen molar-refractivity contribution in [3.63, 3.8) is 0 Å². The minimum absolute atomic E-state index is 0. The maximum atomic E-state index is 12.3. The van der Waals surface area contributed by atoms with Crippen molar-refractivity contribution in [3.05, 3.63) is 29.8 Å². The van der Waals surface area contributed by atoms with Crippen LogP contribution >= 0.6 is 12.4 Å². The second-order valence-electron chi connectivity index (χ2n) is 5.84. The lowest BCUT2D eigenvalue weighted by Gasteiger charge is -2.17. The maximum Gasteiger partial charge on any atom is 0.254 e. The average Bonchev–Trinajstić information content (AvgIpc) is 2.86. The van der Waals surface area contributed by atoms with Gasteiger partial charge < -0.3 is 15.4 Å². The van der Waals surface area contributed by atoms with Crippen LogP contribution in [-0.2, 0) is 4.74 Å². The monoisotopic (exact) mass is 312 g/mol. The molecule has 2 N–H and O–H groups in total. The smallest absolute Gasteiger partial charge is 0.254 e. The minimum Gasteiger partial charge on any atom is -0.399 e. The highest BCUT2D eigenvalue weighted by Gasteiger charge is 2.27. The van der Waals surface area contributed by atoms with Crippen molar-refractivity contribution < 1.29 is 9.53 Å². The summed E-state index contributed by atoms with van der Waals surface area (Å²) in [6, 6.07) is 7.15. The van der Waals surface area contributed by atoms with Crippen LogP contribution in [0, 0.1) is 5.92 Å². The Morgan fingerprint density at radius 2 is 2.24 bits per heavy atom. The molecule has 1 aromatic rings. The average molecular weight is 313 g/mol. The molecule has 0 aromatic heterocycles. The fourth-order valence-corrected chi connectivity index (χ4v) is 2.37. The number of anilines is 1. The predicted octanol–water partition coefficient (Wildman–Crippen LogP) is 2.97. The number of amides is 1. The van der Waals surface area contributed by atoms with Crippen LogP contribution < -0.4 is 5.73 Å². The van der Waals surface area contributed by atoms with E-state index in [-0.39, 0.29) is 24.4 Å². The third kappa shape index (κ3) is 5.21. The van der Waals surface area contributed by atoms with Gasteiger partial charge in [-0.3, -0.25) is 4.79 Å². The molecule has 0 bridgehead atoms. The van der Waals surface area contributed by atoms with Gasteiger partial charge >= 0.3 is 0 Å². The van der Waals surface area contributed by atoms with Crippen molar-refractivity contribution >= 4 is 24.0 Å². The van der Waals surface area contributed by atoms with E-state index in [2.05, 4.69) is 13.8 Å². The van der Waals surface area contributed by atoms with Gasteiger partial charge in [-0.05, 0) is 37.0 Å². The molecule has 1 fully saturated rings. The van der Waals surface area contributed by atoms with Crippen LogP contribution in [0.3, 0.4) is 0 Å². The lowest BCUT2D eigenvalue weighted by Crippen LogP contribution is -2.30. The minimum atomic E-state index is 0. The highest BCUT2D eigenvalue weighted by atomic mass is 35.5. The molecular formula is C16H25ClN2O2. The Morgan fingerprint density at radius 3 is 2.90 bits per heavy atom. The highest BCUT2D eigenvalue weighted by molar-refractivity contribution is 5.95. The van der Waals surface area contributed by atoms with Crippen LogP contribution in [0.25, 0.3) is 0 Å². The number of nitrogens with two attached hydrogens (primary N) is 1. The first-order valence-corrected chi connectivity index (χ1v) is 7.32. The molecule has 2 rings (SSSR count). The standard InChI is InChI=1S/C16H24N2O2.ClH/c1-12(2)7-9-20-15-6-8-18(11-15)16(19)13-4-3-5-14(17)10-13;/h3-5,10,12,15H,6-9,11,17H2,1-2H3;1H. The number of rotatable bonds is 5. The van der Waals surface area contributed by atoms with Crippen LogP contribution in [0.15, 0.2) is 24.3 Å². The van der Waals surface area contributed by atoms with Crippen molar-refractivity contribution in [3.8, 4) is 0 Å². The summed E-state index contributed by atoms with van der Waals surface area (Å²) in [5, 5.41) is 0. The molecule has 0 saturated carbocycles. The van der Waals surface area contributed by atoms with Gasteiger partial charge in [0, 0.05) is 30.9 Å². The van der Waals surface area contributed by atoms with E-state index in [1.54, 1.807) is 12.1 Å². The number of carbonyl (C=O) groups excluding carboxylic acids is 1. The van der Waals surface area contributed by atoms with Crippen LogP contribution in [-0.4, -0.2) is 36.6 Å². The Balaban J connectivity index is 0.00000220. The second-order valence-corrected chi connectivity index (χ2v) is 5.84. The summed E-state index contributed by atoms with van der Waals surface area (Å²) in [5.41, 5.74) is 7.01. The molecule has 118 valence electrons. The Bertz CT molecular complexity index is 465. The van der Waals surface area contributed by atoms with Crippen molar-refractivity contribution in [1.29, 1.82) is 0 Å². The third-order valence-corrected chi connectivity index (χ3v) is 3.61. The molecule has 1 amide bonds. The van der Waals surface area contributed by atoms with E-state index in [0.717, 1.165) is 26.0 Å². The molecule has 0 aliphatic carbocycles. The molecule has 1 aromatic carbocycles. The van der Waals surface area contributed by atoms with Gasteiger partial charge in [0.05, 0.1) is 6.10 Å². The molecule has 1 aliphatic heterocycles. The summed E-state index contributed by atoms with van der Waals surface area (Å²) in [6.07, 6.45) is 2.17. The first-order chi connectivity index (χ1) is 9.56. The number of likely N-dealkylation sites (tertiary alicyclic amines) is 1. The number of ether oxygens (including phenoxy) is 1. The van der Waals surface area contributed by atoms with Crippen LogP contribution in [0.1, 0.15) is 37.0 Å². The van der Waals surface area contributed by atoms with Crippen molar-refractivity contribution in [2.24, 2.45) is 5.92 Å². The molecular weight excluding hydrogens is 288 g/mol. The van der Waals surface area contributed by atoms with Crippen LogP contribution in [0.5, 0.6) is 0 Å². The Labute approximate surface area is 133 Å². The van der Waals surface area contributed by atoms with Crippen molar-refractivity contribution in [1.82, 2.24) is 4.90 Å². The van der Waals surface area contributed by atoms with E-state index in [0.29, 0.717) is 23.7 Å². The van der Waals surface area contributed by atoms with E-state index < -0.39 is 0 Å². The number of hydrogen-bond acceptors (Lipinski definition) is 3. The maximum absolute atomic E-state index is 12.3. The number of benzene rings is 1. The number of halogens is 1. The highest BCUT2D eigenvalue weighted by Crippen LogP contribution is 2.18. The number of carbonyl (C=O) groups is 1. The molecule has 1 atom stereocenters. The third-order valence-electron chi connectivity index (χ3n) is 3.61. The summed E-state index contributed by atoms with van der Waals surface area (Å²) >= 11 is 0. The molecule has 0 radical (unpaired) electrons. The Kier molecular flexibility index (Phi) is 6.99. The largest absolute Gasteiger partial charge is 0.399 e. The number of nitrogen functional groups attached to an aromatic ring is 1. The van der Waals surface area contributed by atoms with E-state index in [4.69, 9.17) is 10.5 Å². The van der Waals surface area contributed by atoms with Gasteiger partial charge in [0.15, 0.2) is 0 Å². The molecule has 1 unspecified atom stereocenters. The number of hydrogen-bond donors (Lipinski definition) is 1. The van der Waals surface area contributed by atoms with E-state index in [1.807, 2.05) is 17.0 Å². The number of nitrogens with zero attached hydrogens (tertiary/aromatic N) is 1. The van der Waals surface area contributed by atoms with Crippen molar-refractivity contribution in [2.75, 3.05) is 25.4 Å². The van der Waals surface area contributed by atoms with Gasteiger partial charge in [0.25, 0.3) is 5.91 Å². The fourth-order valence-electron chi connectivity index (χ4n) is 2.37. The first-order valence-electron chi connectivity index (χ1n) is 7.32. The second kappa shape index (κ2) is 8.25. The molecule has 1 aliphatic rings. The van der Waals surface area contributed by atoms with Crippen LogP contribution in [0.4, 0.5) is 5.69 Å². The predicted molar refractivity (Wildman–Crippen MR) is 87.8 cm³/mol. The SMILES string of the molecule is CC(C)CCOC1CCN(C(=O)c2cccc(N)c2)C1.Cl. The molecule has 1 saturated heterocycles. The zero-order chi connectivity index (χ0) is 14.5. The summed E-state index contributed by atoms with van der Waals surface area (Å²) in [4.78, 5) is 14.2. The Morgan fingerprint density at radius 1 is 1.48 bits per heavy atom.